The van der Waals surface area contributed by atoms with Gasteiger partial charge in [-0.3, -0.25) is 4.79 Å². The second kappa shape index (κ2) is 13.7. The summed E-state index contributed by atoms with van der Waals surface area (Å²) in [5.41, 5.74) is 0.750. The monoisotopic (exact) mass is 411 g/mol. The molecule has 0 aliphatic rings. The second-order valence-electron chi connectivity index (χ2n) is 7.53. The molecule has 28 heavy (non-hydrogen) atoms. The van der Waals surface area contributed by atoms with E-state index in [1.165, 1.54) is 69.9 Å². The number of esters is 1. The maximum absolute atomic E-state index is 12.0. The van der Waals surface area contributed by atoms with Crippen LogP contribution in [0.1, 0.15) is 103 Å². The van der Waals surface area contributed by atoms with Crippen molar-refractivity contribution < 1.29 is 17.9 Å². The Morgan fingerprint density at radius 1 is 0.893 bits per heavy atom. The molecule has 0 radical (unpaired) electrons. The molecule has 1 aromatic rings. The first kappa shape index (κ1) is 24.6. The Bertz CT molecular complexity index is 656. The van der Waals surface area contributed by atoms with E-state index < -0.39 is 16.1 Å². The van der Waals surface area contributed by atoms with E-state index in [0.29, 0.717) is 6.42 Å². The van der Waals surface area contributed by atoms with Crippen molar-refractivity contribution >= 4 is 16.0 Å². The maximum atomic E-state index is 12.0. The number of carbonyl (C=O) groups is 1. The molecule has 0 saturated heterocycles. The van der Waals surface area contributed by atoms with Crippen molar-refractivity contribution in [2.75, 3.05) is 0 Å². The zero-order valence-corrected chi connectivity index (χ0v) is 18.3. The molecule has 160 valence electrons. The highest BCUT2D eigenvalue weighted by molar-refractivity contribution is 7.89. The number of primary sulfonamides is 1. The zero-order chi connectivity index (χ0) is 20.8. The average molecular weight is 412 g/mol. The lowest BCUT2D eigenvalue weighted by Gasteiger charge is -2.14. The van der Waals surface area contributed by atoms with E-state index in [0.717, 1.165) is 18.4 Å². The normalized spacial score (nSPS) is 12.7. The average Bonchev–Trinajstić information content (AvgIpc) is 2.65. The molecule has 0 saturated carbocycles. The number of carbonyl (C=O) groups excluding carboxylic acids is 1. The van der Waals surface area contributed by atoms with Gasteiger partial charge in [0.1, 0.15) is 6.10 Å². The fraction of sp³-hybridized carbons (Fsp3) is 0.682. The van der Waals surface area contributed by atoms with Crippen molar-refractivity contribution in [2.24, 2.45) is 5.14 Å². The van der Waals surface area contributed by atoms with Crippen LogP contribution >= 0.6 is 0 Å². The van der Waals surface area contributed by atoms with Crippen molar-refractivity contribution in [2.45, 2.75) is 102 Å². The molecule has 0 fully saturated rings. The highest BCUT2D eigenvalue weighted by Crippen LogP contribution is 2.20. The number of unbranched alkanes of at least 4 members (excludes halogenated alkanes) is 10. The smallest absolute Gasteiger partial charge is 0.306 e. The van der Waals surface area contributed by atoms with E-state index in [2.05, 4.69) is 6.92 Å². The van der Waals surface area contributed by atoms with Crippen molar-refractivity contribution in [3.05, 3.63) is 29.8 Å². The minimum absolute atomic E-state index is 0.0516. The van der Waals surface area contributed by atoms with Crippen LogP contribution < -0.4 is 5.14 Å². The van der Waals surface area contributed by atoms with Crippen LogP contribution in [0.3, 0.4) is 0 Å². The Morgan fingerprint density at radius 2 is 1.36 bits per heavy atom. The molecule has 0 aromatic heterocycles. The van der Waals surface area contributed by atoms with E-state index in [1.54, 1.807) is 19.1 Å². The van der Waals surface area contributed by atoms with Crippen LogP contribution in [0.25, 0.3) is 0 Å². The summed E-state index contributed by atoms with van der Waals surface area (Å²) in [5.74, 6) is -0.209. The van der Waals surface area contributed by atoms with Gasteiger partial charge in [0, 0.05) is 6.42 Å². The Labute approximate surface area is 171 Å². The lowest BCUT2D eigenvalue weighted by Crippen LogP contribution is -2.12. The van der Waals surface area contributed by atoms with Crippen LogP contribution in [0, 0.1) is 0 Å². The number of hydrogen-bond donors (Lipinski definition) is 1. The Kier molecular flexibility index (Phi) is 12.1. The number of sulfonamides is 1. The van der Waals surface area contributed by atoms with Gasteiger partial charge < -0.3 is 4.74 Å². The van der Waals surface area contributed by atoms with Gasteiger partial charge in [-0.1, -0.05) is 83.3 Å². The molecule has 1 atom stereocenters. The van der Waals surface area contributed by atoms with Crippen molar-refractivity contribution in [3.63, 3.8) is 0 Å². The largest absolute Gasteiger partial charge is 0.458 e. The van der Waals surface area contributed by atoms with Gasteiger partial charge in [-0.15, -0.1) is 0 Å². The first-order valence-corrected chi connectivity index (χ1v) is 12.2. The lowest BCUT2D eigenvalue weighted by atomic mass is 10.1. The number of rotatable bonds is 15. The van der Waals surface area contributed by atoms with Crippen LogP contribution in [-0.4, -0.2) is 14.4 Å². The highest BCUT2D eigenvalue weighted by atomic mass is 32.2. The number of nitrogens with two attached hydrogens (primary N) is 1. The summed E-state index contributed by atoms with van der Waals surface area (Å²) >= 11 is 0. The minimum Gasteiger partial charge on any atom is -0.458 e. The Balaban J connectivity index is 2.11. The van der Waals surface area contributed by atoms with Crippen molar-refractivity contribution in [1.29, 1.82) is 0 Å². The van der Waals surface area contributed by atoms with E-state index >= 15 is 0 Å². The molecule has 0 amide bonds. The summed E-state index contributed by atoms with van der Waals surface area (Å²) in [6.07, 6.45) is 13.7. The third-order valence-electron chi connectivity index (χ3n) is 4.97. The molecule has 2 N–H and O–H groups in total. The lowest BCUT2D eigenvalue weighted by molar-refractivity contribution is -0.148. The van der Waals surface area contributed by atoms with E-state index in [9.17, 15) is 13.2 Å². The quantitative estimate of drug-likeness (QED) is 0.299. The van der Waals surface area contributed by atoms with Gasteiger partial charge in [-0.2, -0.15) is 0 Å². The van der Waals surface area contributed by atoms with Crippen molar-refractivity contribution in [3.8, 4) is 0 Å². The first-order chi connectivity index (χ1) is 13.3. The van der Waals surface area contributed by atoms with Gasteiger partial charge in [0.15, 0.2) is 0 Å². The predicted octanol–water partition coefficient (Wildman–Crippen LogP) is 5.64. The van der Waals surface area contributed by atoms with Gasteiger partial charge in [-0.25, -0.2) is 13.6 Å². The molecule has 0 bridgehead atoms. The summed E-state index contributed by atoms with van der Waals surface area (Å²) in [4.78, 5) is 12.0. The third-order valence-corrected chi connectivity index (χ3v) is 5.90. The van der Waals surface area contributed by atoms with Gasteiger partial charge in [0.05, 0.1) is 4.90 Å². The molecular formula is C22H37NO4S. The minimum atomic E-state index is -3.71. The SMILES string of the molecule is CCCCCCCCCCCCCC(=O)OC(C)c1ccc(S(N)(=O)=O)cc1. The van der Waals surface area contributed by atoms with E-state index in [4.69, 9.17) is 9.88 Å². The first-order valence-electron chi connectivity index (χ1n) is 10.7. The van der Waals surface area contributed by atoms with Crippen LogP contribution in [0.5, 0.6) is 0 Å². The maximum Gasteiger partial charge on any atom is 0.306 e. The summed E-state index contributed by atoms with van der Waals surface area (Å²) in [6, 6.07) is 6.11. The Hall–Kier alpha value is -1.40. The topological polar surface area (TPSA) is 86.5 Å². The van der Waals surface area contributed by atoms with Gasteiger partial charge in [-0.05, 0) is 31.0 Å². The summed E-state index contributed by atoms with van der Waals surface area (Å²) in [5, 5.41) is 5.08. The van der Waals surface area contributed by atoms with Crippen molar-refractivity contribution in [1.82, 2.24) is 0 Å². The fourth-order valence-corrected chi connectivity index (χ4v) is 3.70. The second-order valence-corrected chi connectivity index (χ2v) is 9.09. The van der Waals surface area contributed by atoms with Crippen LogP contribution in [0.2, 0.25) is 0 Å². The van der Waals surface area contributed by atoms with Gasteiger partial charge >= 0.3 is 5.97 Å². The standard InChI is InChI=1S/C22H37NO4S/c1-3-4-5-6-7-8-9-10-11-12-13-14-22(24)27-19(2)20-15-17-21(18-16-20)28(23,25)26/h15-19H,3-14H2,1-2H3,(H2,23,25,26). The molecule has 1 rings (SSSR count). The molecule has 0 aliphatic carbocycles. The van der Waals surface area contributed by atoms with Crippen LogP contribution in [0.15, 0.2) is 29.2 Å². The molecule has 0 aliphatic heterocycles. The summed E-state index contributed by atoms with van der Waals surface area (Å²) < 4.78 is 28.0. The number of hydrogen-bond acceptors (Lipinski definition) is 4. The summed E-state index contributed by atoms with van der Waals surface area (Å²) in [6.45, 7) is 4.02. The molecule has 0 heterocycles. The molecule has 5 nitrogen and oxygen atoms in total. The molecule has 1 aromatic carbocycles. The zero-order valence-electron chi connectivity index (χ0n) is 17.5. The molecular weight excluding hydrogens is 374 g/mol. The van der Waals surface area contributed by atoms with E-state index in [-0.39, 0.29) is 10.9 Å². The molecule has 6 heteroatoms. The number of benzene rings is 1. The third kappa shape index (κ3) is 10.8. The van der Waals surface area contributed by atoms with Crippen LogP contribution in [-0.2, 0) is 19.6 Å². The van der Waals surface area contributed by atoms with Crippen LogP contribution in [0.4, 0.5) is 0 Å². The Morgan fingerprint density at radius 3 is 1.82 bits per heavy atom. The fourth-order valence-electron chi connectivity index (χ4n) is 3.19. The molecule has 1 unspecified atom stereocenters. The molecule has 0 spiro atoms. The van der Waals surface area contributed by atoms with E-state index in [1.807, 2.05) is 0 Å². The predicted molar refractivity (Wildman–Crippen MR) is 113 cm³/mol. The van der Waals surface area contributed by atoms with Gasteiger partial charge in [0.25, 0.3) is 0 Å². The van der Waals surface area contributed by atoms with Gasteiger partial charge in [0.2, 0.25) is 10.0 Å². The highest BCUT2D eigenvalue weighted by Gasteiger charge is 2.13. The number of ether oxygens (including phenoxy) is 1. The summed E-state index contributed by atoms with van der Waals surface area (Å²) in [7, 11) is -3.71.